The first kappa shape index (κ1) is 12.0. The van der Waals surface area contributed by atoms with Crippen LogP contribution in [0.5, 0.6) is 5.75 Å². The van der Waals surface area contributed by atoms with Gasteiger partial charge in [0.2, 0.25) is 0 Å². The number of hydrogen-bond acceptors (Lipinski definition) is 3. The number of aliphatic hydroxyl groups is 2. The third-order valence-corrected chi connectivity index (χ3v) is 2.77. The average molecular weight is 210 g/mol. The van der Waals surface area contributed by atoms with E-state index in [4.69, 9.17) is 0 Å². The van der Waals surface area contributed by atoms with E-state index in [2.05, 4.69) is 0 Å². The van der Waals surface area contributed by atoms with Crippen LogP contribution >= 0.6 is 0 Å². The largest absolute Gasteiger partial charge is 0.507 e. The van der Waals surface area contributed by atoms with Crippen molar-refractivity contribution in [3.63, 3.8) is 0 Å². The Balaban J connectivity index is 3.44. The smallest absolute Gasteiger partial charge is 0.124 e. The van der Waals surface area contributed by atoms with Gasteiger partial charge >= 0.3 is 0 Å². The predicted octanol–water partition coefficient (Wildman–Crippen LogP) is 1.81. The van der Waals surface area contributed by atoms with E-state index in [-0.39, 0.29) is 24.9 Å². The molecule has 0 aliphatic carbocycles. The number of rotatable bonds is 3. The first-order valence-electron chi connectivity index (χ1n) is 5.08. The fraction of sp³-hybridized carbons (Fsp3) is 0.500. The maximum absolute atomic E-state index is 9.92. The van der Waals surface area contributed by atoms with Crippen LogP contribution in [0.25, 0.3) is 0 Å². The van der Waals surface area contributed by atoms with Gasteiger partial charge < -0.3 is 15.3 Å². The molecule has 3 nitrogen and oxygen atoms in total. The highest BCUT2D eigenvalue weighted by Gasteiger charge is 2.15. The van der Waals surface area contributed by atoms with Gasteiger partial charge in [0.25, 0.3) is 0 Å². The summed E-state index contributed by atoms with van der Waals surface area (Å²) in [7, 11) is 0. The first-order valence-corrected chi connectivity index (χ1v) is 5.08. The fourth-order valence-electron chi connectivity index (χ4n) is 1.71. The van der Waals surface area contributed by atoms with E-state index in [1.54, 1.807) is 13.0 Å². The van der Waals surface area contributed by atoms with Crippen molar-refractivity contribution in [1.82, 2.24) is 0 Å². The van der Waals surface area contributed by atoms with Gasteiger partial charge in [-0.2, -0.15) is 0 Å². The van der Waals surface area contributed by atoms with Crippen LogP contribution in [0.4, 0.5) is 0 Å². The molecule has 3 heteroatoms. The molecule has 0 aliphatic rings. The highest BCUT2D eigenvalue weighted by Crippen LogP contribution is 2.33. The minimum atomic E-state index is -0.203. The molecule has 0 amide bonds. The predicted molar refractivity (Wildman–Crippen MR) is 58.8 cm³/mol. The molecule has 0 radical (unpaired) electrons. The monoisotopic (exact) mass is 210 g/mol. The van der Waals surface area contributed by atoms with Gasteiger partial charge in [0.05, 0.1) is 13.2 Å². The van der Waals surface area contributed by atoms with Gasteiger partial charge in [-0.15, -0.1) is 0 Å². The van der Waals surface area contributed by atoms with Crippen molar-refractivity contribution in [2.75, 3.05) is 0 Å². The SMILES string of the molecule is Cc1c(CO)cc(C(C)C)c(O)c1CO. The van der Waals surface area contributed by atoms with Crippen molar-refractivity contribution < 1.29 is 15.3 Å². The van der Waals surface area contributed by atoms with E-state index in [9.17, 15) is 15.3 Å². The molecule has 1 rings (SSSR count). The normalized spacial score (nSPS) is 11.1. The number of aliphatic hydroxyl groups excluding tert-OH is 2. The van der Waals surface area contributed by atoms with E-state index >= 15 is 0 Å². The zero-order valence-corrected chi connectivity index (χ0v) is 9.41. The Bertz CT molecular complexity index is 356. The standard InChI is InChI=1S/C12H18O3/c1-7(2)10-4-9(5-13)8(3)11(6-14)12(10)15/h4,7,13-15H,5-6H2,1-3H3. The second-order valence-electron chi connectivity index (χ2n) is 4.05. The molecule has 0 saturated heterocycles. The summed E-state index contributed by atoms with van der Waals surface area (Å²) in [5, 5.41) is 28.3. The quantitative estimate of drug-likeness (QED) is 0.713. The molecule has 0 unspecified atom stereocenters. The molecule has 0 aromatic heterocycles. The summed E-state index contributed by atoms with van der Waals surface area (Å²) in [6.07, 6.45) is 0. The van der Waals surface area contributed by atoms with Crippen molar-refractivity contribution in [3.05, 3.63) is 28.3 Å². The molecule has 3 N–H and O–H groups in total. The molecule has 84 valence electrons. The average Bonchev–Trinajstić information content (AvgIpc) is 2.18. The summed E-state index contributed by atoms with van der Waals surface area (Å²) < 4.78 is 0. The molecule has 1 aromatic rings. The minimum Gasteiger partial charge on any atom is -0.507 e. The van der Waals surface area contributed by atoms with Gasteiger partial charge in [-0.3, -0.25) is 0 Å². The summed E-state index contributed by atoms with van der Waals surface area (Å²) in [4.78, 5) is 0. The Morgan fingerprint density at radius 3 is 2.20 bits per heavy atom. The maximum Gasteiger partial charge on any atom is 0.124 e. The number of phenols is 1. The Labute approximate surface area is 90.0 Å². The summed E-state index contributed by atoms with van der Waals surface area (Å²) in [6.45, 7) is 5.45. The van der Waals surface area contributed by atoms with Crippen LogP contribution in [-0.2, 0) is 13.2 Å². The van der Waals surface area contributed by atoms with Gasteiger partial charge in [0.1, 0.15) is 5.75 Å². The zero-order chi connectivity index (χ0) is 11.6. The lowest BCUT2D eigenvalue weighted by molar-refractivity contribution is 0.268. The van der Waals surface area contributed by atoms with Crippen molar-refractivity contribution in [2.24, 2.45) is 0 Å². The summed E-state index contributed by atoms with van der Waals surface area (Å²) in [6, 6.07) is 1.80. The zero-order valence-electron chi connectivity index (χ0n) is 9.41. The Kier molecular flexibility index (Phi) is 3.72. The van der Waals surface area contributed by atoms with E-state index in [0.717, 1.165) is 16.7 Å². The molecule has 0 bridgehead atoms. The summed E-state index contributed by atoms with van der Waals surface area (Å²) in [5.74, 6) is 0.323. The second kappa shape index (κ2) is 4.64. The molecule has 0 aliphatic heterocycles. The van der Waals surface area contributed by atoms with E-state index in [1.807, 2.05) is 13.8 Å². The number of hydrogen-bond donors (Lipinski definition) is 3. The second-order valence-corrected chi connectivity index (χ2v) is 4.05. The molecule has 0 atom stereocenters. The molecule has 15 heavy (non-hydrogen) atoms. The van der Waals surface area contributed by atoms with Crippen molar-refractivity contribution in [1.29, 1.82) is 0 Å². The van der Waals surface area contributed by atoms with Gasteiger partial charge in [0, 0.05) is 5.56 Å². The van der Waals surface area contributed by atoms with Crippen molar-refractivity contribution in [2.45, 2.75) is 39.9 Å². The van der Waals surface area contributed by atoms with Crippen LogP contribution in [0.1, 0.15) is 42.0 Å². The van der Waals surface area contributed by atoms with Crippen LogP contribution in [0.2, 0.25) is 0 Å². The van der Waals surface area contributed by atoms with Crippen molar-refractivity contribution in [3.8, 4) is 5.75 Å². The molecule has 0 heterocycles. The summed E-state index contributed by atoms with van der Waals surface area (Å²) >= 11 is 0. The Morgan fingerprint density at radius 1 is 1.20 bits per heavy atom. The molecular formula is C12H18O3. The maximum atomic E-state index is 9.92. The van der Waals surface area contributed by atoms with Gasteiger partial charge in [0.15, 0.2) is 0 Å². The van der Waals surface area contributed by atoms with E-state index < -0.39 is 0 Å². The van der Waals surface area contributed by atoms with Gasteiger partial charge in [-0.25, -0.2) is 0 Å². The third kappa shape index (κ3) is 2.13. The van der Waals surface area contributed by atoms with Gasteiger partial charge in [-0.05, 0) is 35.6 Å². The minimum absolute atomic E-state index is 0.0706. The van der Waals surface area contributed by atoms with Crippen LogP contribution < -0.4 is 0 Å². The molecule has 0 fully saturated rings. The first-order chi connectivity index (χ1) is 7.02. The molecular weight excluding hydrogens is 192 g/mol. The Morgan fingerprint density at radius 2 is 1.80 bits per heavy atom. The lowest BCUT2D eigenvalue weighted by Crippen LogP contribution is -2.01. The highest BCUT2D eigenvalue weighted by molar-refractivity contribution is 5.50. The van der Waals surface area contributed by atoms with Crippen LogP contribution in [0, 0.1) is 6.92 Å². The molecule has 0 saturated carbocycles. The van der Waals surface area contributed by atoms with E-state index in [0.29, 0.717) is 5.56 Å². The number of benzene rings is 1. The lowest BCUT2D eigenvalue weighted by atomic mass is 9.92. The van der Waals surface area contributed by atoms with Crippen LogP contribution in [-0.4, -0.2) is 15.3 Å². The third-order valence-electron chi connectivity index (χ3n) is 2.77. The Hall–Kier alpha value is -1.06. The molecule has 1 aromatic carbocycles. The van der Waals surface area contributed by atoms with Crippen LogP contribution in [0.15, 0.2) is 6.07 Å². The molecule has 0 spiro atoms. The topological polar surface area (TPSA) is 60.7 Å². The van der Waals surface area contributed by atoms with Crippen molar-refractivity contribution >= 4 is 0 Å². The fourth-order valence-corrected chi connectivity index (χ4v) is 1.71. The lowest BCUT2D eigenvalue weighted by Gasteiger charge is -2.16. The highest BCUT2D eigenvalue weighted by atomic mass is 16.3. The summed E-state index contributed by atoms with van der Waals surface area (Å²) in [5.41, 5.74) is 2.82. The van der Waals surface area contributed by atoms with Gasteiger partial charge in [-0.1, -0.05) is 13.8 Å². The van der Waals surface area contributed by atoms with E-state index in [1.165, 1.54) is 0 Å². The number of aromatic hydroxyl groups is 1. The van der Waals surface area contributed by atoms with Crippen LogP contribution in [0.3, 0.4) is 0 Å².